The Morgan fingerprint density at radius 2 is 1.78 bits per heavy atom. The Balaban J connectivity index is 1.78. The molecular weight excluding hydrogens is 412 g/mol. The Labute approximate surface area is 186 Å². The fraction of sp³-hybridized carbons (Fsp3) is 0.333. The van der Waals surface area contributed by atoms with E-state index in [2.05, 4.69) is 23.4 Å². The molecular formula is C24H28N2O6. The third kappa shape index (κ3) is 5.29. The Bertz CT molecular complexity index is 973. The van der Waals surface area contributed by atoms with Crippen LogP contribution in [0.15, 0.2) is 64.5 Å². The number of rotatable bonds is 8. The van der Waals surface area contributed by atoms with Gasteiger partial charge in [0.2, 0.25) is 5.88 Å². The second kappa shape index (κ2) is 10.6. The van der Waals surface area contributed by atoms with Crippen molar-refractivity contribution in [2.24, 2.45) is 9.98 Å². The summed E-state index contributed by atoms with van der Waals surface area (Å²) in [6.45, 7) is 8.31. The summed E-state index contributed by atoms with van der Waals surface area (Å²) in [7, 11) is 0. The number of nitrogens with zero attached hydrogens (tertiary/aromatic N) is 2. The molecule has 1 fully saturated rings. The van der Waals surface area contributed by atoms with Gasteiger partial charge in [-0.05, 0) is 61.2 Å². The van der Waals surface area contributed by atoms with Crippen molar-refractivity contribution < 1.29 is 29.9 Å². The number of hydrogen-bond acceptors (Lipinski definition) is 8. The lowest BCUT2D eigenvalue weighted by Gasteiger charge is -2.40. The van der Waals surface area contributed by atoms with Gasteiger partial charge in [0.05, 0.1) is 12.8 Å². The minimum atomic E-state index is -1.41. The number of aliphatic hydroxyl groups is 4. The largest absolute Gasteiger partial charge is 0.438 e. The zero-order chi connectivity index (χ0) is 23.3. The van der Waals surface area contributed by atoms with Gasteiger partial charge in [-0.25, -0.2) is 4.99 Å². The summed E-state index contributed by atoms with van der Waals surface area (Å²) in [6, 6.07) is 13.1. The van der Waals surface area contributed by atoms with Crippen LogP contribution >= 0.6 is 0 Å². The van der Waals surface area contributed by atoms with Crippen LogP contribution in [0.3, 0.4) is 0 Å². The van der Waals surface area contributed by atoms with Crippen LogP contribution in [0.5, 0.6) is 5.75 Å². The summed E-state index contributed by atoms with van der Waals surface area (Å²) < 4.78 is 11.3. The van der Waals surface area contributed by atoms with Gasteiger partial charge in [0.25, 0.3) is 0 Å². The summed E-state index contributed by atoms with van der Waals surface area (Å²) in [5, 5.41) is 40.0. The number of hydrogen-bond donors (Lipinski definition) is 4. The molecule has 0 aliphatic carbocycles. The molecule has 4 N–H and O–H groups in total. The lowest BCUT2D eigenvalue weighted by Crippen LogP contribution is -2.55. The molecule has 3 rings (SSSR count). The molecule has 8 nitrogen and oxygen atoms in total. The molecule has 0 saturated carbocycles. The molecule has 170 valence electrons. The van der Waals surface area contributed by atoms with Gasteiger partial charge in [-0.1, -0.05) is 30.3 Å². The molecule has 0 spiro atoms. The molecule has 0 aromatic heterocycles. The van der Waals surface area contributed by atoms with Crippen molar-refractivity contribution in [1.82, 2.24) is 0 Å². The van der Waals surface area contributed by atoms with Crippen LogP contribution in [0.4, 0.5) is 0 Å². The Morgan fingerprint density at radius 3 is 2.41 bits per heavy atom. The molecule has 1 saturated heterocycles. The van der Waals surface area contributed by atoms with Crippen molar-refractivity contribution in [1.29, 1.82) is 0 Å². The predicted octanol–water partition coefficient (Wildman–Crippen LogP) is 1.68. The van der Waals surface area contributed by atoms with Crippen LogP contribution in [0.1, 0.15) is 28.4 Å². The van der Waals surface area contributed by atoms with Crippen molar-refractivity contribution in [2.45, 2.75) is 43.9 Å². The average molecular weight is 440 g/mol. The van der Waals surface area contributed by atoms with Crippen LogP contribution in [-0.2, 0) is 11.2 Å². The molecule has 0 bridgehead atoms. The van der Waals surface area contributed by atoms with E-state index in [-0.39, 0.29) is 5.88 Å². The first-order valence-electron chi connectivity index (χ1n) is 10.2. The SMILES string of the molecule is C=N/C=C(\N=C)Oc1ccc(Cc2cc([C@@H]3O[C@H](CO)[C@@H](O)[C@H](O)[C@H]3O)ccc2C)cc1. The molecule has 32 heavy (non-hydrogen) atoms. The fourth-order valence-electron chi connectivity index (χ4n) is 3.63. The Kier molecular flexibility index (Phi) is 7.89. The molecule has 1 aliphatic rings. The summed E-state index contributed by atoms with van der Waals surface area (Å²) in [6.07, 6.45) is -3.94. The van der Waals surface area contributed by atoms with Gasteiger partial charge in [0.1, 0.15) is 36.3 Å². The Morgan fingerprint density at radius 1 is 1.06 bits per heavy atom. The lowest BCUT2D eigenvalue weighted by molar-refractivity contribution is -0.231. The van der Waals surface area contributed by atoms with Crippen LogP contribution in [0.25, 0.3) is 0 Å². The van der Waals surface area contributed by atoms with Crippen molar-refractivity contribution in [3.8, 4) is 5.75 Å². The van der Waals surface area contributed by atoms with Gasteiger partial charge in [0, 0.05) is 0 Å². The van der Waals surface area contributed by atoms with Crippen LogP contribution in [0, 0.1) is 6.92 Å². The Hall–Kier alpha value is -2.88. The van der Waals surface area contributed by atoms with Gasteiger partial charge in [-0.2, -0.15) is 0 Å². The number of aliphatic hydroxyl groups excluding tert-OH is 4. The number of aliphatic imine (C=N–C) groups is 2. The highest BCUT2D eigenvalue weighted by Gasteiger charge is 2.43. The molecule has 0 amide bonds. The summed E-state index contributed by atoms with van der Waals surface area (Å²) in [4.78, 5) is 7.35. The minimum Gasteiger partial charge on any atom is -0.438 e. The monoisotopic (exact) mass is 440 g/mol. The highest BCUT2D eigenvalue weighted by molar-refractivity contribution is 5.39. The van der Waals surface area contributed by atoms with Crippen molar-refractivity contribution >= 4 is 13.4 Å². The molecule has 5 atom stereocenters. The molecule has 1 heterocycles. The highest BCUT2D eigenvalue weighted by atomic mass is 16.5. The summed E-state index contributed by atoms with van der Waals surface area (Å²) in [5.41, 5.74) is 3.76. The van der Waals surface area contributed by atoms with E-state index in [1.807, 2.05) is 49.4 Å². The highest BCUT2D eigenvalue weighted by Crippen LogP contribution is 2.33. The molecule has 8 heteroatoms. The van der Waals surface area contributed by atoms with E-state index < -0.39 is 37.1 Å². The zero-order valence-electron chi connectivity index (χ0n) is 17.8. The average Bonchev–Trinajstić information content (AvgIpc) is 2.80. The van der Waals surface area contributed by atoms with E-state index >= 15 is 0 Å². The van der Waals surface area contributed by atoms with Crippen LogP contribution < -0.4 is 4.74 Å². The van der Waals surface area contributed by atoms with Gasteiger partial charge in [-0.3, -0.25) is 4.99 Å². The predicted molar refractivity (Wildman–Crippen MR) is 121 cm³/mol. The van der Waals surface area contributed by atoms with E-state index in [0.717, 1.165) is 16.7 Å². The van der Waals surface area contributed by atoms with Crippen molar-refractivity contribution in [3.63, 3.8) is 0 Å². The van der Waals surface area contributed by atoms with E-state index in [1.165, 1.54) is 6.20 Å². The molecule has 1 aliphatic heterocycles. The van der Waals surface area contributed by atoms with E-state index in [0.29, 0.717) is 17.7 Å². The minimum absolute atomic E-state index is 0.246. The van der Waals surface area contributed by atoms with Crippen molar-refractivity contribution in [3.05, 3.63) is 76.8 Å². The smallest absolute Gasteiger partial charge is 0.237 e. The van der Waals surface area contributed by atoms with E-state index in [1.54, 1.807) is 0 Å². The fourth-order valence-corrected chi connectivity index (χ4v) is 3.63. The molecule has 2 aromatic carbocycles. The molecule has 2 aromatic rings. The first-order chi connectivity index (χ1) is 15.4. The van der Waals surface area contributed by atoms with E-state index in [9.17, 15) is 20.4 Å². The zero-order valence-corrected chi connectivity index (χ0v) is 17.8. The van der Waals surface area contributed by atoms with Gasteiger partial charge >= 0.3 is 0 Å². The van der Waals surface area contributed by atoms with E-state index in [4.69, 9.17) is 9.47 Å². The second-order valence-corrected chi connectivity index (χ2v) is 7.67. The van der Waals surface area contributed by atoms with Crippen LogP contribution in [-0.4, -0.2) is 64.9 Å². The maximum Gasteiger partial charge on any atom is 0.237 e. The van der Waals surface area contributed by atoms with Gasteiger partial charge in [-0.15, -0.1) is 0 Å². The molecule has 0 radical (unpaired) electrons. The lowest BCUT2D eigenvalue weighted by atomic mass is 9.89. The second-order valence-electron chi connectivity index (χ2n) is 7.67. The quantitative estimate of drug-likeness (QED) is 0.366. The van der Waals surface area contributed by atoms with Gasteiger partial charge in [0.15, 0.2) is 0 Å². The standard InChI is InChI=1S/C24H28N2O6/c1-14-4-7-16(24-23(30)22(29)21(28)19(13-27)32-24)11-17(14)10-15-5-8-18(9-6-15)31-20(26-3)12-25-2/h4-9,11-12,19,21-24,27-30H,2-3,10,13H2,1H3/b20-12+/t19-,21-,22+,23-,24+/m1/s1. The molecule has 0 unspecified atom stereocenters. The first-order valence-corrected chi connectivity index (χ1v) is 10.2. The number of benzene rings is 2. The summed E-state index contributed by atoms with van der Waals surface area (Å²) >= 11 is 0. The topological polar surface area (TPSA) is 124 Å². The summed E-state index contributed by atoms with van der Waals surface area (Å²) in [5.74, 6) is 0.832. The van der Waals surface area contributed by atoms with Gasteiger partial charge < -0.3 is 29.9 Å². The third-order valence-electron chi connectivity index (χ3n) is 5.49. The van der Waals surface area contributed by atoms with Crippen molar-refractivity contribution in [2.75, 3.05) is 6.61 Å². The first kappa shape index (κ1) is 23.8. The maximum absolute atomic E-state index is 10.4. The third-order valence-corrected chi connectivity index (χ3v) is 5.49. The number of aryl methyl sites for hydroxylation is 1. The maximum atomic E-state index is 10.4. The van der Waals surface area contributed by atoms with Crippen LogP contribution in [0.2, 0.25) is 0 Å². The normalized spacial score (nSPS) is 25.9. The number of ether oxygens (including phenoxy) is 2.